The molecule has 0 saturated carbocycles. The lowest BCUT2D eigenvalue weighted by Crippen LogP contribution is -1.97. The molecule has 0 unspecified atom stereocenters. The number of pyridine rings is 1. The van der Waals surface area contributed by atoms with Gasteiger partial charge in [0.25, 0.3) is 5.69 Å². The molecule has 0 fully saturated rings. The first-order valence-corrected chi connectivity index (χ1v) is 6.54. The summed E-state index contributed by atoms with van der Waals surface area (Å²) in [4.78, 5) is 14.8. The first-order valence-electron chi connectivity index (χ1n) is 6.54. The van der Waals surface area contributed by atoms with Crippen molar-refractivity contribution in [1.29, 1.82) is 5.26 Å². The van der Waals surface area contributed by atoms with Gasteiger partial charge in [-0.2, -0.15) is 5.26 Å². The largest absolute Gasteiger partial charge is 0.493 e. The third-order valence-electron chi connectivity index (χ3n) is 3.09. The molecule has 23 heavy (non-hydrogen) atoms. The van der Waals surface area contributed by atoms with E-state index in [1.807, 2.05) is 6.07 Å². The van der Waals surface area contributed by atoms with Gasteiger partial charge in [-0.3, -0.25) is 15.1 Å². The molecule has 0 amide bonds. The standard InChI is InChI=1S/C16H13N3O4/c1-22-15-8-11(14(19(20)21)9-16(15)23-2)7-12(10-17)13-5-3-4-6-18-13/h3-9H,1-2H3/b12-7+. The van der Waals surface area contributed by atoms with Crippen LogP contribution < -0.4 is 9.47 Å². The predicted octanol–water partition coefficient (Wildman–Crippen LogP) is 3.07. The van der Waals surface area contributed by atoms with Gasteiger partial charge < -0.3 is 9.47 Å². The molecule has 0 bridgehead atoms. The second-order valence-electron chi connectivity index (χ2n) is 4.41. The van der Waals surface area contributed by atoms with Crippen LogP contribution in [0.5, 0.6) is 11.5 Å². The van der Waals surface area contributed by atoms with Gasteiger partial charge in [-0.25, -0.2) is 0 Å². The van der Waals surface area contributed by atoms with E-state index in [4.69, 9.17) is 9.47 Å². The summed E-state index contributed by atoms with van der Waals surface area (Å²) in [6, 6.07) is 9.83. The number of nitro benzene ring substituents is 1. The SMILES string of the molecule is COc1cc(/C=C(\C#N)c2ccccn2)c([N+](=O)[O-])cc1OC. The number of benzene rings is 1. The molecule has 2 aromatic rings. The summed E-state index contributed by atoms with van der Waals surface area (Å²) >= 11 is 0. The molecule has 0 radical (unpaired) electrons. The molecule has 2 rings (SSSR count). The maximum atomic E-state index is 11.3. The minimum absolute atomic E-state index is 0.189. The van der Waals surface area contributed by atoms with Crippen molar-refractivity contribution >= 4 is 17.3 Å². The highest BCUT2D eigenvalue weighted by Crippen LogP contribution is 2.36. The van der Waals surface area contributed by atoms with Crippen LogP contribution in [0.15, 0.2) is 36.5 Å². The van der Waals surface area contributed by atoms with Crippen LogP contribution in [0.25, 0.3) is 11.6 Å². The fourth-order valence-corrected chi connectivity index (χ4v) is 2.00. The zero-order valence-corrected chi connectivity index (χ0v) is 12.5. The van der Waals surface area contributed by atoms with Gasteiger partial charge in [0.2, 0.25) is 0 Å². The van der Waals surface area contributed by atoms with E-state index < -0.39 is 4.92 Å². The molecule has 0 aliphatic heterocycles. The van der Waals surface area contributed by atoms with Gasteiger partial charge in [0.05, 0.1) is 42.0 Å². The Labute approximate surface area is 132 Å². The van der Waals surface area contributed by atoms with E-state index in [1.54, 1.807) is 24.4 Å². The molecule has 7 heteroatoms. The number of aromatic nitrogens is 1. The lowest BCUT2D eigenvalue weighted by atomic mass is 10.1. The van der Waals surface area contributed by atoms with Gasteiger partial charge in [-0.15, -0.1) is 0 Å². The van der Waals surface area contributed by atoms with Crippen molar-refractivity contribution in [3.63, 3.8) is 0 Å². The molecular formula is C16H13N3O4. The molecule has 0 spiro atoms. The normalized spacial score (nSPS) is 10.7. The maximum Gasteiger partial charge on any atom is 0.280 e. The number of ether oxygens (including phenoxy) is 2. The summed E-state index contributed by atoms with van der Waals surface area (Å²) in [5, 5.41) is 20.6. The van der Waals surface area contributed by atoms with E-state index in [1.165, 1.54) is 32.4 Å². The predicted molar refractivity (Wildman–Crippen MR) is 83.9 cm³/mol. The van der Waals surface area contributed by atoms with Crippen LogP contribution in [-0.4, -0.2) is 24.1 Å². The quantitative estimate of drug-likeness (QED) is 0.478. The molecule has 0 N–H and O–H groups in total. The average molecular weight is 311 g/mol. The fourth-order valence-electron chi connectivity index (χ4n) is 2.00. The highest BCUT2D eigenvalue weighted by Gasteiger charge is 2.19. The molecule has 0 aliphatic carbocycles. The van der Waals surface area contributed by atoms with Crippen molar-refractivity contribution in [1.82, 2.24) is 4.98 Å². The van der Waals surface area contributed by atoms with E-state index in [0.717, 1.165) is 0 Å². The molecule has 1 aromatic carbocycles. The number of hydrogen-bond donors (Lipinski definition) is 0. The van der Waals surface area contributed by atoms with Gasteiger partial charge in [0, 0.05) is 6.20 Å². The Hall–Kier alpha value is -3.40. The molecular weight excluding hydrogens is 298 g/mol. The summed E-state index contributed by atoms with van der Waals surface area (Å²) in [5.41, 5.74) is 0.682. The van der Waals surface area contributed by atoms with Gasteiger partial charge in [-0.1, -0.05) is 6.07 Å². The van der Waals surface area contributed by atoms with Gasteiger partial charge in [0.15, 0.2) is 11.5 Å². The van der Waals surface area contributed by atoms with Crippen molar-refractivity contribution < 1.29 is 14.4 Å². The number of nitriles is 1. The van der Waals surface area contributed by atoms with Crippen LogP contribution in [0.4, 0.5) is 5.69 Å². The number of rotatable bonds is 5. The first-order chi connectivity index (χ1) is 11.1. The van der Waals surface area contributed by atoms with Crippen LogP contribution >= 0.6 is 0 Å². The molecule has 1 aromatic heterocycles. The lowest BCUT2D eigenvalue weighted by molar-refractivity contribution is -0.385. The van der Waals surface area contributed by atoms with Crippen molar-refractivity contribution in [2.24, 2.45) is 0 Å². The summed E-state index contributed by atoms with van der Waals surface area (Å²) in [6.07, 6.45) is 2.95. The van der Waals surface area contributed by atoms with Crippen LogP contribution in [-0.2, 0) is 0 Å². The van der Waals surface area contributed by atoms with Crippen molar-refractivity contribution in [3.8, 4) is 17.6 Å². The van der Waals surface area contributed by atoms with Crippen molar-refractivity contribution in [3.05, 3.63) is 57.9 Å². The Bertz CT molecular complexity index is 795. The highest BCUT2D eigenvalue weighted by molar-refractivity contribution is 5.90. The van der Waals surface area contributed by atoms with Gasteiger partial charge in [-0.05, 0) is 24.3 Å². The Kier molecular flexibility index (Phi) is 4.89. The van der Waals surface area contributed by atoms with E-state index in [2.05, 4.69) is 4.98 Å². The summed E-state index contributed by atoms with van der Waals surface area (Å²) < 4.78 is 10.2. The summed E-state index contributed by atoms with van der Waals surface area (Å²) in [5.74, 6) is 0.579. The van der Waals surface area contributed by atoms with Crippen molar-refractivity contribution in [2.75, 3.05) is 14.2 Å². The van der Waals surface area contributed by atoms with Crippen LogP contribution in [0, 0.1) is 21.4 Å². The van der Waals surface area contributed by atoms with Gasteiger partial charge >= 0.3 is 0 Å². The van der Waals surface area contributed by atoms with E-state index in [0.29, 0.717) is 11.4 Å². The second kappa shape index (κ2) is 7.04. The number of methoxy groups -OCH3 is 2. The highest BCUT2D eigenvalue weighted by atomic mass is 16.6. The van der Waals surface area contributed by atoms with Crippen molar-refractivity contribution in [2.45, 2.75) is 0 Å². The Balaban J connectivity index is 2.64. The Morgan fingerprint density at radius 2 is 2.00 bits per heavy atom. The zero-order chi connectivity index (χ0) is 16.8. The Morgan fingerprint density at radius 3 is 2.52 bits per heavy atom. The van der Waals surface area contributed by atoms with E-state index in [-0.39, 0.29) is 22.6 Å². The molecule has 0 saturated heterocycles. The third-order valence-corrected chi connectivity index (χ3v) is 3.09. The smallest absolute Gasteiger partial charge is 0.280 e. The first kappa shape index (κ1) is 16.0. The minimum Gasteiger partial charge on any atom is -0.493 e. The number of nitrogens with zero attached hydrogens (tertiary/aromatic N) is 3. The third kappa shape index (κ3) is 3.44. The fraction of sp³-hybridized carbons (Fsp3) is 0.125. The van der Waals surface area contributed by atoms with Crippen LogP contribution in [0.2, 0.25) is 0 Å². The maximum absolute atomic E-state index is 11.3. The van der Waals surface area contributed by atoms with Gasteiger partial charge in [0.1, 0.15) is 6.07 Å². The zero-order valence-electron chi connectivity index (χ0n) is 12.5. The van der Waals surface area contributed by atoms with Crippen LogP contribution in [0.3, 0.4) is 0 Å². The molecule has 0 atom stereocenters. The summed E-state index contributed by atoms with van der Waals surface area (Å²) in [7, 11) is 2.83. The molecule has 0 aliphatic rings. The number of allylic oxidation sites excluding steroid dienone is 1. The van der Waals surface area contributed by atoms with E-state index >= 15 is 0 Å². The molecule has 116 valence electrons. The molecule has 1 heterocycles. The molecule has 7 nitrogen and oxygen atoms in total. The topological polar surface area (TPSA) is 98.3 Å². The second-order valence-corrected chi connectivity index (χ2v) is 4.41. The Morgan fingerprint density at radius 1 is 1.30 bits per heavy atom. The summed E-state index contributed by atoms with van der Waals surface area (Å²) in [6.45, 7) is 0. The van der Waals surface area contributed by atoms with E-state index in [9.17, 15) is 15.4 Å². The monoisotopic (exact) mass is 311 g/mol. The number of nitro groups is 1. The minimum atomic E-state index is -0.540. The average Bonchev–Trinajstić information content (AvgIpc) is 2.59. The van der Waals surface area contributed by atoms with Crippen LogP contribution in [0.1, 0.15) is 11.3 Å². The lowest BCUT2D eigenvalue weighted by Gasteiger charge is -2.09. The number of hydrogen-bond acceptors (Lipinski definition) is 6.